The summed E-state index contributed by atoms with van der Waals surface area (Å²) in [5, 5.41) is 16.2. The molecule has 3 aromatic carbocycles. The van der Waals surface area contributed by atoms with Crippen LogP contribution >= 0.6 is 0 Å². The van der Waals surface area contributed by atoms with E-state index >= 15 is 4.39 Å². The standard InChI is InChI=1S/C31H30FN7O3/c1-20-12-14-21(15-13-20)30-35-37-38(36-30)19-28(40)39(27-11-5-3-9-25(27)32)29(31(41)34-17-22-7-6-16-42-22)24-18-33-26-10-4-2-8-23(24)26/h2-5,8-15,18,22,29,33H,6-7,16-17,19H2,1H3,(H,34,41)/t22-,29-/m0/s1. The number of para-hydroxylation sites is 2. The number of carbonyl (C=O) groups excluding carboxylic acids is 2. The number of nitrogens with zero attached hydrogens (tertiary/aromatic N) is 5. The van der Waals surface area contributed by atoms with Crippen LogP contribution in [0.2, 0.25) is 0 Å². The normalized spacial score (nSPS) is 15.5. The zero-order valence-corrected chi connectivity index (χ0v) is 23.0. The molecule has 6 rings (SSSR count). The number of amides is 2. The molecule has 2 amide bonds. The minimum absolute atomic E-state index is 0.0380. The van der Waals surface area contributed by atoms with Gasteiger partial charge in [0.25, 0.3) is 5.91 Å². The molecule has 10 nitrogen and oxygen atoms in total. The molecule has 0 aliphatic carbocycles. The van der Waals surface area contributed by atoms with Crippen molar-refractivity contribution in [1.82, 2.24) is 30.5 Å². The highest BCUT2D eigenvalue weighted by Gasteiger charge is 2.36. The van der Waals surface area contributed by atoms with Gasteiger partial charge in [-0.25, -0.2) is 4.39 Å². The summed E-state index contributed by atoms with van der Waals surface area (Å²) in [5.74, 6) is -1.34. The Bertz CT molecular complexity index is 1710. The molecule has 1 aliphatic rings. The van der Waals surface area contributed by atoms with Gasteiger partial charge in [0, 0.05) is 41.4 Å². The first-order valence-electron chi connectivity index (χ1n) is 13.8. The first-order chi connectivity index (χ1) is 20.5. The van der Waals surface area contributed by atoms with Crippen molar-refractivity contribution in [2.75, 3.05) is 18.1 Å². The second kappa shape index (κ2) is 11.9. The molecule has 2 aromatic heterocycles. The van der Waals surface area contributed by atoms with Gasteiger partial charge < -0.3 is 15.0 Å². The van der Waals surface area contributed by atoms with E-state index in [2.05, 4.69) is 25.7 Å². The molecule has 11 heteroatoms. The third-order valence-electron chi connectivity index (χ3n) is 7.37. The van der Waals surface area contributed by atoms with Gasteiger partial charge in [0.15, 0.2) is 0 Å². The fourth-order valence-corrected chi connectivity index (χ4v) is 5.22. The van der Waals surface area contributed by atoms with Crippen LogP contribution in [0, 0.1) is 12.7 Å². The van der Waals surface area contributed by atoms with Crippen LogP contribution in [0.3, 0.4) is 0 Å². The number of aryl methyl sites for hydroxylation is 1. The molecule has 0 unspecified atom stereocenters. The van der Waals surface area contributed by atoms with Crippen LogP contribution in [0.4, 0.5) is 10.1 Å². The number of anilines is 1. The maximum absolute atomic E-state index is 15.4. The second-order valence-corrected chi connectivity index (χ2v) is 10.3. The van der Waals surface area contributed by atoms with E-state index in [1.54, 1.807) is 12.3 Å². The minimum Gasteiger partial charge on any atom is -0.376 e. The van der Waals surface area contributed by atoms with Gasteiger partial charge in [-0.1, -0.05) is 60.2 Å². The molecule has 1 saturated heterocycles. The Morgan fingerprint density at radius 1 is 1.12 bits per heavy atom. The molecule has 3 heterocycles. The zero-order valence-electron chi connectivity index (χ0n) is 23.0. The Morgan fingerprint density at radius 2 is 1.90 bits per heavy atom. The van der Waals surface area contributed by atoms with E-state index in [-0.39, 0.29) is 24.9 Å². The fourth-order valence-electron chi connectivity index (χ4n) is 5.22. The summed E-state index contributed by atoms with van der Waals surface area (Å²) in [6, 6.07) is 19.8. The molecule has 0 bridgehead atoms. The summed E-state index contributed by atoms with van der Waals surface area (Å²) in [4.78, 5) is 33.6. The van der Waals surface area contributed by atoms with Crippen molar-refractivity contribution in [2.24, 2.45) is 0 Å². The van der Waals surface area contributed by atoms with Gasteiger partial charge in [-0.2, -0.15) is 4.80 Å². The molecule has 5 aromatic rings. The summed E-state index contributed by atoms with van der Waals surface area (Å²) in [6.45, 7) is 2.53. The van der Waals surface area contributed by atoms with Crippen LogP contribution in [-0.4, -0.2) is 56.3 Å². The molecule has 2 atom stereocenters. The van der Waals surface area contributed by atoms with Crippen molar-refractivity contribution in [3.05, 3.63) is 95.9 Å². The van der Waals surface area contributed by atoms with E-state index in [1.165, 1.54) is 23.1 Å². The van der Waals surface area contributed by atoms with Crippen molar-refractivity contribution >= 4 is 28.4 Å². The topological polar surface area (TPSA) is 118 Å². The van der Waals surface area contributed by atoms with Gasteiger partial charge in [-0.05, 0) is 43.2 Å². The number of benzene rings is 3. The van der Waals surface area contributed by atoms with Crippen molar-refractivity contribution in [2.45, 2.75) is 38.5 Å². The number of ether oxygens (including phenoxy) is 1. The average Bonchev–Trinajstić information content (AvgIpc) is 3.77. The lowest BCUT2D eigenvalue weighted by Crippen LogP contribution is -2.47. The maximum atomic E-state index is 15.4. The number of aromatic nitrogens is 5. The molecule has 1 aliphatic heterocycles. The van der Waals surface area contributed by atoms with E-state index in [1.807, 2.05) is 55.5 Å². The molecule has 0 saturated carbocycles. The molecular weight excluding hydrogens is 537 g/mol. The first-order valence-corrected chi connectivity index (χ1v) is 13.8. The molecular formula is C31H30FN7O3. The number of hydrogen-bond acceptors (Lipinski definition) is 6. The summed E-state index contributed by atoms with van der Waals surface area (Å²) in [6.07, 6.45) is 3.32. The van der Waals surface area contributed by atoms with E-state index < -0.39 is 23.7 Å². The summed E-state index contributed by atoms with van der Waals surface area (Å²) in [5.41, 5.74) is 3.10. The largest absolute Gasteiger partial charge is 0.376 e. The Balaban J connectivity index is 1.38. The summed E-state index contributed by atoms with van der Waals surface area (Å²) in [7, 11) is 0. The Hall–Kier alpha value is -4.90. The van der Waals surface area contributed by atoms with Gasteiger partial charge in [0.2, 0.25) is 11.7 Å². The predicted octanol–water partition coefficient (Wildman–Crippen LogP) is 4.34. The first kappa shape index (κ1) is 27.3. The monoisotopic (exact) mass is 567 g/mol. The van der Waals surface area contributed by atoms with Gasteiger partial charge in [0.05, 0.1) is 11.8 Å². The molecule has 0 radical (unpaired) electrons. The van der Waals surface area contributed by atoms with Crippen molar-refractivity contribution in [3.8, 4) is 11.4 Å². The van der Waals surface area contributed by atoms with E-state index in [0.717, 1.165) is 39.7 Å². The predicted molar refractivity (Wildman–Crippen MR) is 155 cm³/mol. The number of fused-ring (bicyclic) bond motifs is 1. The number of halogens is 1. The minimum atomic E-state index is -1.20. The Kier molecular flexibility index (Phi) is 7.74. The molecule has 214 valence electrons. The number of H-pyrrole nitrogens is 1. The number of aromatic amines is 1. The fraction of sp³-hybridized carbons (Fsp3) is 0.258. The summed E-state index contributed by atoms with van der Waals surface area (Å²) < 4.78 is 21.1. The lowest BCUT2D eigenvalue weighted by Gasteiger charge is -2.31. The van der Waals surface area contributed by atoms with E-state index in [0.29, 0.717) is 18.0 Å². The molecule has 0 spiro atoms. The van der Waals surface area contributed by atoms with Crippen LogP contribution in [0.5, 0.6) is 0 Å². The van der Waals surface area contributed by atoms with Gasteiger partial charge in [-0.3, -0.25) is 14.5 Å². The van der Waals surface area contributed by atoms with Crippen LogP contribution in [0.15, 0.2) is 79.0 Å². The zero-order chi connectivity index (χ0) is 29.1. The molecule has 1 fully saturated rings. The van der Waals surface area contributed by atoms with Crippen LogP contribution in [0.25, 0.3) is 22.3 Å². The van der Waals surface area contributed by atoms with Gasteiger partial charge in [0.1, 0.15) is 18.4 Å². The number of nitrogens with one attached hydrogen (secondary N) is 2. The summed E-state index contributed by atoms with van der Waals surface area (Å²) >= 11 is 0. The van der Waals surface area contributed by atoms with Crippen molar-refractivity contribution in [1.29, 1.82) is 0 Å². The lowest BCUT2D eigenvalue weighted by molar-refractivity contribution is -0.127. The van der Waals surface area contributed by atoms with Crippen LogP contribution in [0.1, 0.15) is 30.0 Å². The smallest absolute Gasteiger partial charge is 0.251 e. The SMILES string of the molecule is Cc1ccc(-c2nnn(CC(=O)N(c3ccccc3F)[C@H](C(=O)NC[C@@H]3CCCO3)c3c[nH]c4ccccc34)n2)cc1. The highest BCUT2D eigenvalue weighted by Crippen LogP contribution is 2.34. The van der Waals surface area contributed by atoms with Crippen molar-refractivity contribution in [3.63, 3.8) is 0 Å². The third-order valence-corrected chi connectivity index (χ3v) is 7.37. The molecule has 2 N–H and O–H groups in total. The Labute approximate surface area is 241 Å². The Morgan fingerprint density at radius 3 is 2.69 bits per heavy atom. The number of hydrogen-bond donors (Lipinski definition) is 2. The van der Waals surface area contributed by atoms with Crippen LogP contribution in [-0.2, 0) is 20.9 Å². The highest BCUT2D eigenvalue weighted by molar-refractivity contribution is 6.03. The van der Waals surface area contributed by atoms with Gasteiger partial charge >= 0.3 is 0 Å². The second-order valence-electron chi connectivity index (χ2n) is 10.3. The maximum Gasteiger partial charge on any atom is 0.251 e. The van der Waals surface area contributed by atoms with E-state index in [9.17, 15) is 9.59 Å². The van der Waals surface area contributed by atoms with Crippen molar-refractivity contribution < 1.29 is 18.7 Å². The van der Waals surface area contributed by atoms with Gasteiger partial charge in [-0.15, -0.1) is 10.2 Å². The number of carbonyl (C=O) groups is 2. The number of tetrazole rings is 1. The lowest BCUT2D eigenvalue weighted by atomic mass is 10.0. The van der Waals surface area contributed by atoms with E-state index in [4.69, 9.17) is 4.74 Å². The number of rotatable bonds is 9. The highest BCUT2D eigenvalue weighted by atomic mass is 19.1. The quantitative estimate of drug-likeness (QED) is 0.274. The van der Waals surface area contributed by atoms with Crippen LogP contribution < -0.4 is 10.2 Å². The molecule has 42 heavy (non-hydrogen) atoms. The third kappa shape index (κ3) is 5.64. The average molecular weight is 568 g/mol.